The van der Waals surface area contributed by atoms with Crippen LogP contribution in [0.25, 0.3) is 10.8 Å². The number of hydrogen-bond acceptors (Lipinski definition) is 3. The Kier molecular flexibility index (Phi) is 7.68. The van der Waals surface area contributed by atoms with E-state index < -0.39 is 0 Å². The Hall–Kier alpha value is -4.28. The first kappa shape index (κ1) is 24.4. The van der Waals surface area contributed by atoms with Gasteiger partial charge in [-0.1, -0.05) is 91.0 Å². The van der Waals surface area contributed by atoms with Crippen molar-refractivity contribution in [1.82, 2.24) is 15.2 Å². The van der Waals surface area contributed by atoms with Crippen LogP contribution in [0.3, 0.4) is 0 Å². The number of amides is 1. The zero-order chi connectivity index (χ0) is 25.5. The topological polar surface area (TPSA) is 45.2 Å². The highest BCUT2D eigenvalue weighted by molar-refractivity contribution is 5.95. The van der Waals surface area contributed by atoms with Gasteiger partial charge in [0.2, 0.25) is 0 Å². The summed E-state index contributed by atoms with van der Waals surface area (Å²) in [6.45, 7) is 4.08. The minimum Gasteiger partial charge on any atom is -0.328 e. The number of benzene rings is 4. The molecule has 37 heavy (non-hydrogen) atoms. The summed E-state index contributed by atoms with van der Waals surface area (Å²) in [6.07, 6.45) is 1.80. The van der Waals surface area contributed by atoms with Gasteiger partial charge in [-0.2, -0.15) is 0 Å². The molecule has 5 rings (SSSR count). The maximum absolute atomic E-state index is 13.9. The lowest BCUT2D eigenvalue weighted by atomic mass is 9.97. The third-order valence-corrected chi connectivity index (χ3v) is 6.76. The average molecular weight is 486 g/mol. The number of carbonyl (C=O) groups is 1. The maximum Gasteiger partial charge on any atom is 0.254 e. The number of fused-ring (bicyclic) bond motifs is 1. The van der Waals surface area contributed by atoms with Crippen molar-refractivity contribution in [1.29, 1.82) is 0 Å². The summed E-state index contributed by atoms with van der Waals surface area (Å²) in [5, 5.41) is 5.78. The summed E-state index contributed by atoms with van der Waals surface area (Å²) in [6, 6.07) is 38.7. The summed E-state index contributed by atoms with van der Waals surface area (Å²) in [7, 11) is 0. The molecule has 184 valence electrons. The lowest BCUT2D eigenvalue weighted by molar-refractivity contribution is 0.0675. The first-order chi connectivity index (χ1) is 18.2. The van der Waals surface area contributed by atoms with E-state index in [1.807, 2.05) is 65.6 Å². The van der Waals surface area contributed by atoms with Gasteiger partial charge in [0.25, 0.3) is 5.91 Å². The highest BCUT2D eigenvalue weighted by Crippen LogP contribution is 2.30. The van der Waals surface area contributed by atoms with Gasteiger partial charge in [-0.05, 0) is 58.7 Å². The van der Waals surface area contributed by atoms with Crippen molar-refractivity contribution in [3.05, 3.63) is 149 Å². The standard InChI is InChI=1S/C33H31N3O/c1-25(31-16-9-13-28-12-5-6-15-32(28)31)36(24-27-10-3-2-4-11-27)33(37)29-19-17-26(18-20-29)22-34-23-30-14-7-8-21-35-30/h2-21,25,34H,22-24H2,1H3. The van der Waals surface area contributed by atoms with Gasteiger partial charge in [0.15, 0.2) is 0 Å². The first-order valence-corrected chi connectivity index (χ1v) is 12.7. The van der Waals surface area contributed by atoms with Crippen molar-refractivity contribution in [3.8, 4) is 0 Å². The zero-order valence-corrected chi connectivity index (χ0v) is 21.0. The smallest absolute Gasteiger partial charge is 0.254 e. The van der Waals surface area contributed by atoms with Crippen LogP contribution in [0.5, 0.6) is 0 Å². The molecule has 0 bridgehead atoms. The van der Waals surface area contributed by atoms with Gasteiger partial charge in [0, 0.05) is 31.4 Å². The molecular weight excluding hydrogens is 454 g/mol. The average Bonchev–Trinajstić information content (AvgIpc) is 2.96. The largest absolute Gasteiger partial charge is 0.328 e. The van der Waals surface area contributed by atoms with E-state index in [0.29, 0.717) is 25.2 Å². The molecule has 1 heterocycles. The number of nitrogens with zero attached hydrogens (tertiary/aromatic N) is 2. The second-order valence-corrected chi connectivity index (χ2v) is 9.28. The van der Waals surface area contributed by atoms with Gasteiger partial charge < -0.3 is 10.2 Å². The van der Waals surface area contributed by atoms with Gasteiger partial charge in [-0.25, -0.2) is 0 Å². The molecule has 1 unspecified atom stereocenters. The van der Waals surface area contributed by atoms with Crippen molar-refractivity contribution in [2.24, 2.45) is 0 Å². The molecule has 4 nitrogen and oxygen atoms in total. The van der Waals surface area contributed by atoms with Gasteiger partial charge >= 0.3 is 0 Å². The van der Waals surface area contributed by atoms with E-state index >= 15 is 0 Å². The summed E-state index contributed by atoms with van der Waals surface area (Å²) < 4.78 is 0. The van der Waals surface area contributed by atoms with E-state index in [4.69, 9.17) is 0 Å². The second kappa shape index (κ2) is 11.6. The molecule has 0 aliphatic heterocycles. The van der Waals surface area contributed by atoms with E-state index in [-0.39, 0.29) is 11.9 Å². The minimum absolute atomic E-state index is 0.0253. The maximum atomic E-state index is 13.9. The predicted octanol–water partition coefficient (Wildman–Crippen LogP) is 6.93. The number of pyridine rings is 1. The molecule has 0 fully saturated rings. The van der Waals surface area contributed by atoms with Gasteiger partial charge in [0.05, 0.1) is 11.7 Å². The van der Waals surface area contributed by atoms with E-state index in [9.17, 15) is 4.79 Å². The number of nitrogens with one attached hydrogen (secondary N) is 1. The molecule has 0 saturated carbocycles. The number of hydrogen-bond donors (Lipinski definition) is 1. The molecule has 5 aromatic rings. The fourth-order valence-electron chi connectivity index (χ4n) is 4.72. The van der Waals surface area contributed by atoms with Crippen LogP contribution in [0.15, 0.2) is 121 Å². The monoisotopic (exact) mass is 485 g/mol. The van der Waals surface area contributed by atoms with Crippen molar-refractivity contribution in [2.75, 3.05) is 0 Å². The van der Waals surface area contributed by atoms with Crippen LogP contribution in [0.4, 0.5) is 0 Å². The molecule has 4 heteroatoms. The summed E-state index contributed by atoms with van der Waals surface area (Å²) in [4.78, 5) is 20.2. The Labute approximate surface area is 218 Å². The van der Waals surface area contributed by atoms with Crippen molar-refractivity contribution in [2.45, 2.75) is 32.6 Å². The summed E-state index contributed by atoms with van der Waals surface area (Å²) in [5.41, 5.74) is 5.09. The van der Waals surface area contributed by atoms with Crippen LogP contribution < -0.4 is 5.32 Å². The number of rotatable bonds is 9. The van der Waals surface area contributed by atoms with Crippen molar-refractivity contribution in [3.63, 3.8) is 0 Å². The Morgan fingerprint density at radius 2 is 1.49 bits per heavy atom. The van der Waals surface area contributed by atoms with E-state index in [1.165, 1.54) is 10.8 Å². The molecule has 1 aromatic heterocycles. The highest BCUT2D eigenvalue weighted by atomic mass is 16.2. The van der Waals surface area contributed by atoms with E-state index in [1.54, 1.807) is 6.20 Å². The van der Waals surface area contributed by atoms with Crippen LogP contribution >= 0.6 is 0 Å². The zero-order valence-electron chi connectivity index (χ0n) is 21.0. The minimum atomic E-state index is -0.0986. The predicted molar refractivity (Wildman–Crippen MR) is 150 cm³/mol. The first-order valence-electron chi connectivity index (χ1n) is 12.7. The molecule has 0 spiro atoms. The normalized spacial score (nSPS) is 11.8. The second-order valence-electron chi connectivity index (χ2n) is 9.28. The Morgan fingerprint density at radius 3 is 2.27 bits per heavy atom. The summed E-state index contributed by atoms with van der Waals surface area (Å²) in [5.74, 6) is 0.0253. The van der Waals surface area contributed by atoms with Gasteiger partial charge in [-0.15, -0.1) is 0 Å². The molecule has 0 aliphatic carbocycles. The molecule has 4 aromatic carbocycles. The molecule has 1 atom stereocenters. The fraction of sp³-hybridized carbons (Fsp3) is 0.152. The van der Waals surface area contributed by atoms with E-state index in [0.717, 1.165) is 22.4 Å². The highest BCUT2D eigenvalue weighted by Gasteiger charge is 2.24. The van der Waals surface area contributed by atoms with Crippen LogP contribution in [0, 0.1) is 0 Å². The Morgan fingerprint density at radius 1 is 0.757 bits per heavy atom. The third-order valence-electron chi connectivity index (χ3n) is 6.76. The van der Waals surface area contributed by atoms with Gasteiger partial charge in [-0.3, -0.25) is 9.78 Å². The van der Waals surface area contributed by atoms with Gasteiger partial charge in [0.1, 0.15) is 0 Å². The van der Waals surface area contributed by atoms with Crippen LogP contribution in [-0.4, -0.2) is 15.8 Å². The Bertz CT molecular complexity index is 1440. The SMILES string of the molecule is CC(c1cccc2ccccc12)N(Cc1ccccc1)C(=O)c1ccc(CNCc2ccccn2)cc1. The number of carbonyl (C=O) groups excluding carboxylic acids is 1. The number of aromatic nitrogens is 1. The quantitative estimate of drug-likeness (QED) is 0.246. The van der Waals surface area contributed by atoms with Crippen LogP contribution in [0.2, 0.25) is 0 Å². The molecule has 0 aliphatic rings. The molecule has 1 N–H and O–H groups in total. The molecule has 0 radical (unpaired) electrons. The van der Waals surface area contributed by atoms with Crippen LogP contribution in [0.1, 0.15) is 45.7 Å². The molecular formula is C33H31N3O. The van der Waals surface area contributed by atoms with Crippen molar-refractivity contribution < 1.29 is 4.79 Å². The Balaban J connectivity index is 1.37. The molecule has 1 amide bonds. The van der Waals surface area contributed by atoms with Crippen molar-refractivity contribution >= 4 is 16.7 Å². The lowest BCUT2D eigenvalue weighted by Gasteiger charge is -2.31. The van der Waals surface area contributed by atoms with E-state index in [2.05, 4.69) is 71.8 Å². The fourth-order valence-corrected chi connectivity index (χ4v) is 4.72. The third kappa shape index (κ3) is 5.93. The van der Waals surface area contributed by atoms with Crippen LogP contribution in [-0.2, 0) is 19.6 Å². The summed E-state index contributed by atoms with van der Waals surface area (Å²) >= 11 is 0. The lowest BCUT2D eigenvalue weighted by Crippen LogP contribution is -2.33. The molecule has 0 saturated heterocycles.